The molecule has 30 heavy (non-hydrogen) atoms. The van der Waals surface area contributed by atoms with E-state index in [-0.39, 0.29) is 0 Å². The van der Waals surface area contributed by atoms with Crippen molar-refractivity contribution in [2.24, 2.45) is 23.7 Å². The molecule has 0 amide bonds. The van der Waals surface area contributed by atoms with Crippen LogP contribution >= 0.6 is 0 Å². The molecule has 0 N–H and O–H groups in total. The molecule has 1 heterocycles. The number of allylic oxidation sites excluding steroid dienone is 1. The molecule has 0 unspecified atom stereocenters. The molecule has 160 valence electrons. The molecular formula is C27H33F2N. The highest BCUT2D eigenvalue weighted by molar-refractivity contribution is 5.59. The van der Waals surface area contributed by atoms with Gasteiger partial charge < -0.3 is 0 Å². The Balaban J connectivity index is 1.23. The van der Waals surface area contributed by atoms with E-state index in [1.807, 2.05) is 12.3 Å². The third kappa shape index (κ3) is 5.17. The summed E-state index contributed by atoms with van der Waals surface area (Å²) >= 11 is 0. The summed E-state index contributed by atoms with van der Waals surface area (Å²) in [5, 5.41) is 0. The van der Waals surface area contributed by atoms with Crippen molar-refractivity contribution >= 4 is 0 Å². The third-order valence-electron chi connectivity index (χ3n) is 7.59. The van der Waals surface area contributed by atoms with Gasteiger partial charge in [0.2, 0.25) is 0 Å². The van der Waals surface area contributed by atoms with E-state index in [0.29, 0.717) is 11.3 Å². The Kier molecular flexibility index (Phi) is 6.97. The van der Waals surface area contributed by atoms with Crippen molar-refractivity contribution in [3.05, 3.63) is 66.4 Å². The van der Waals surface area contributed by atoms with Gasteiger partial charge in [-0.25, -0.2) is 8.78 Å². The van der Waals surface area contributed by atoms with Gasteiger partial charge >= 0.3 is 0 Å². The van der Waals surface area contributed by atoms with Gasteiger partial charge in [0.15, 0.2) is 11.6 Å². The van der Waals surface area contributed by atoms with Crippen LogP contribution in [0.15, 0.2) is 49.2 Å². The summed E-state index contributed by atoms with van der Waals surface area (Å²) in [5.41, 5.74) is 2.52. The van der Waals surface area contributed by atoms with Crippen molar-refractivity contribution in [1.82, 2.24) is 4.98 Å². The molecule has 3 heteroatoms. The Hall–Kier alpha value is -2.03. The quantitative estimate of drug-likeness (QED) is 0.444. The van der Waals surface area contributed by atoms with Gasteiger partial charge in [0.05, 0.1) is 5.69 Å². The Morgan fingerprint density at radius 1 is 0.867 bits per heavy atom. The van der Waals surface area contributed by atoms with Gasteiger partial charge in [-0.15, -0.1) is 6.58 Å². The number of hydrogen-bond acceptors (Lipinski definition) is 1. The van der Waals surface area contributed by atoms with E-state index < -0.39 is 11.6 Å². The maximum Gasteiger partial charge on any atom is 0.159 e. The summed E-state index contributed by atoms with van der Waals surface area (Å²) in [6.45, 7) is 3.97. The smallest absolute Gasteiger partial charge is 0.159 e. The monoisotopic (exact) mass is 409 g/mol. The largest absolute Gasteiger partial charge is 0.256 e. The van der Waals surface area contributed by atoms with Crippen LogP contribution in [0.2, 0.25) is 0 Å². The van der Waals surface area contributed by atoms with E-state index in [0.717, 1.165) is 36.2 Å². The molecule has 0 spiro atoms. The molecule has 0 bridgehead atoms. The summed E-state index contributed by atoms with van der Waals surface area (Å²) < 4.78 is 26.6. The van der Waals surface area contributed by atoms with Crippen LogP contribution < -0.4 is 0 Å². The average molecular weight is 410 g/mol. The molecular weight excluding hydrogens is 376 g/mol. The van der Waals surface area contributed by atoms with E-state index >= 15 is 0 Å². The SMILES string of the molecule is C=CC1CCC(C2CCC(CCc3ccc(-c4ccc(F)c(F)c4)nc3)CC2)CC1. The molecule has 1 aromatic carbocycles. The molecule has 2 aromatic rings. The molecule has 2 aliphatic rings. The molecule has 4 rings (SSSR count). The second kappa shape index (κ2) is 9.85. The first-order chi connectivity index (χ1) is 14.6. The van der Waals surface area contributed by atoms with Crippen LogP contribution in [0.3, 0.4) is 0 Å². The van der Waals surface area contributed by atoms with E-state index in [1.165, 1.54) is 69.4 Å². The summed E-state index contributed by atoms with van der Waals surface area (Å²) in [5.74, 6) is 1.84. The van der Waals surface area contributed by atoms with Gasteiger partial charge in [-0.1, -0.05) is 25.0 Å². The van der Waals surface area contributed by atoms with Crippen LogP contribution in [0.25, 0.3) is 11.3 Å². The predicted molar refractivity (Wildman–Crippen MR) is 119 cm³/mol. The van der Waals surface area contributed by atoms with Crippen LogP contribution in [0.1, 0.15) is 63.4 Å². The minimum absolute atomic E-state index is 0.612. The third-order valence-corrected chi connectivity index (χ3v) is 7.59. The fourth-order valence-electron chi connectivity index (χ4n) is 5.57. The topological polar surface area (TPSA) is 12.9 Å². The van der Waals surface area contributed by atoms with Gasteiger partial charge in [-0.2, -0.15) is 0 Å². The predicted octanol–water partition coefficient (Wildman–Crippen LogP) is 7.76. The van der Waals surface area contributed by atoms with Gasteiger partial charge in [0, 0.05) is 11.8 Å². The zero-order valence-corrected chi connectivity index (χ0v) is 17.8. The lowest BCUT2D eigenvalue weighted by Crippen LogP contribution is -2.25. The zero-order chi connectivity index (χ0) is 20.9. The van der Waals surface area contributed by atoms with Gasteiger partial charge in [-0.3, -0.25) is 4.98 Å². The summed E-state index contributed by atoms with van der Waals surface area (Å²) in [4.78, 5) is 4.47. The highest BCUT2D eigenvalue weighted by Crippen LogP contribution is 2.42. The lowest BCUT2D eigenvalue weighted by Gasteiger charge is -2.37. The van der Waals surface area contributed by atoms with E-state index in [2.05, 4.69) is 23.7 Å². The Bertz CT molecular complexity index is 828. The van der Waals surface area contributed by atoms with Crippen molar-refractivity contribution in [1.29, 1.82) is 0 Å². The first-order valence-electron chi connectivity index (χ1n) is 11.6. The molecule has 0 atom stereocenters. The molecule has 1 nitrogen and oxygen atoms in total. The Morgan fingerprint density at radius 2 is 1.57 bits per heavy atom. The normalized spacial score (nSPS) is 27.0. The first kappa shape index (κ1) is 21.2. The maximum absolute atomic E-state index is 13.4. The van der Waals surface area contributed by atoms with Crippen molar-refractivity contribution in [3.8, 4) is 11.3 Å². The lowest BCUT2D eigenvalue weighted by atomic mass is 9.68. The lowest BCUT2D eigenvalue weighted by molar-refractivity contribution is 0.153. The molecule has 0 saturated heterocycles. The van der Waals surface area contributed by atoms with Crippen LogP contribution in [0.4, 0.5) is 8.78 Å². The van der Waals surface area contributed by atoms with E-state index in [9.17, 15) is 8.78 Å². The van der Waals surface area contributed by atoms with Gasteiger partial charge in [0.1, 0.15) is 0 Å². The number of hydrogen-bond donors (Lipinski definition) is 0. The first-order valence-corrected chi connectivity index (χ1v) is 11.6. The maximum atomic E-state index is 13.4. The van der Waals surface area contributed by atoms with Gasteiger partial charge in [-0.05, 0) is 105 Å². The minimum atomic E-state index is -0.831. The molecule has 1 aromatic heterocycles. The summed E-state index contributed by atoms with van der Waals surface area (Å²) in [6, 6.07) is 7.93. The standard InChI is InChI=1S/C27H33F2N/c1-2-19-5-10-22(11-6-19)23-12-7-20(8-13-23)3-4-21-9-16-27(30-18-21)24-14-15-25(28)26(29)17-24/h2,9,14-20,22-23H,1,3-8,10-13H2. The number of rotatable bonds is 6. The van der Waals surface area contributed by atoms with Crippen molar-refractivity contribution in [2.45, 2.75) is 64.2 Å². The number of aryl methyl sites for hydroxylation is 1. The van der Waals surface area contributed by atoms with E-state index in [4.69, 9.17) is 0 Å². The highest BCUT2D eigenvalue weighted by atomic mass is 19.2. The average Bonchev–Trinajstić information content (AvgIpc) is 2.80. The van der Waals surface area contributed by atoms with Crippen LogP contribution in [0, 0.1) is 35.3 Å². The molecule has 0 aliphatic heterocycles. The van der Waals surface area contributed by atoms with E-state index in [1.54, 1.807) is 6.07 Å². The molecule has 0 radical (unpaired) electrons. The zero-order valence-electron chi connectivity index (χ0n) is 17.8. The van der Waals surface area contributed by atoms with Crippen LogP contribution in [0.5, 0.6) is 0 Å². The highest BCUT2D eigenvalue weighted by Gasteiger charge is 2.30. The fourth-order valence-corrected chi connectivity index (χ4v) is 5.57. The fraction of sp³-hybridized carbons (Fsp3) is 0.519. The van der Waals surface area contributed by atoms with Crippen molar-refractivity contribution < 1.29 is 8.78 Å². The summed E-state index contributed by atoms with van der Waals surface area (Å²) in [7, 11) is 0. The van der Waals surface area contributed by atoms with Crippen molar-refractivity contribution in [2.75, 3.05) is 0 Å². The minimum Gasteiger partial charge on any atom is -0.256 e. The number of pyridine rings is 1. The molecule has 2 fully saturated rings. The number of aromatic nitrogens is 1. The molecule has 2 aliphatic carbocycles. The Labute approximate surface area is 179 Å². The summed E-state index contributed by atoms with van der Waals surface area (Å²) in [6.07, 6.45) is 17.4. The molecule has 2 saturated carbocycles. The van der Waals surface area contributed by atoms with Crippen LogP contribution in [-0.2, 0) is 6.42 Å². The second-order valence-electron chi connectivity index (χ2n) is 9.41. The number of halogens is 2. The second-order valence-corrected chi connectivity index (χ2v) is 9.41. The van der Waals surface area contributed by atoms with Crippen molar-refractivity contribution in [3.63, 3.8) is 0 Å². The van der Waals surface area contributed by atoms with Gasteiger partial charge in [0.25, 0.3) is 0 Å². The number of benzene rings is 1. The number of nitrogens with zero attached hydrogens (tertiary/aromatic N) is 1. The Morgan fingerprint density at radius 3 is 2.17 bits per heavy atom. The van der Waals surface area contributed by atoms with Crippen LogP contribution in [-0.4, -0.2) is 4.98 Å².